The Morgan fingerprint density at radius 2 is 1.84 bits per heavy atom. The Labute approximate surface area is 109 Å². The predicted octanol–water partition coefficient (Wildman–Crippen LogP) is 0.370. The molecule has 0 aliphatic rings. The van der Waals surface area contributed by atoms with E-state index in [9.17, 15) is 18.4 Å². The molecule has 4 N–H and O–H groups in total. The number of hydrogen-bond donors (Lipinski definition) is 3. The Morgan fingerprint density at radius 1 is 1.26 bits per heavy atom. The van der Waals surface area contributed by atoms with Crippen LogP contribution >= 0.6 is 0 Å². The van der Waals surface area contributed by atoms with Crippen LogP contribution in [0.1, 0.15) is 20.7 Å². The van der Waals surface area contributed by atoms with Crippen molar-refractivity contribution in [1.82, 2.24) is 10.6 Å². The lowest BCUT2D eigenvalue weighted by Gasteiger charge is -2.14. The van der Waals surface area contributed by atoms with Crippen LogP contribution in [-0.4, -0.2) is 37.9 Å². The number of benzene rings is 1. The summed E-state index contributed by atoms with van der Waals surface area (Å²) in [4.78, 5) is 23.0. The topological polar surface area (TPSA) is 84.2 Å². The van der Waals surface area contributed by atoms with Gasteiger partial charge in [0.25, 0.3) is 17.7 Å². The van der Waals surface area contributed by atoms with Gasteiger partial charge in [0, 0.05) is 18.2 Å². The minimum Gasteiger partial charge on any atom is -0.355 e. The third-order valence-electron chi connectivity index (χ3n) is 2.42. The van der Waals surface area contributed by atoms with E-state index in [-0.39, 0.29) is 17.0 Å². The van der Waals surface area contributed by atoms with E-state index in [0.29, 0.717) is 0 Å². The number of halogens is 2. The van der Waals surface area contributed by atoms with Gasteiger partial charge in [-0.1, -0.05) is 6.07 Å². The normalized spacial score (nSPS) is 10.9. The Balaban J connectivity index is 2.75. The summed E-state index contributed by atoms with van der Waals surface area (Å²) in [5.74, 6) is -4.19. The molecule has 0 saturated heterocycles. The van der Waals surface area contributed by atoms with E-state index in [4.69, 9.17) is 5.73 Å². The van der Waals surface area contributed by atoms with Gasteiger partial charge in [0.2, 0.25) is 0 Å². The van der Waals surface area contributed by atoms with E-state index < -0.39 is 24.9 Å². The van der Waals surface area contributed by atoms with Crippen molar-refractivity contribution in [2.45, 2.75) is 5.92 Å². The lowest BCUT2D eigenvalue weighted by molar-refractivity contribution is 0.0118. The first-order valence-corrected chi connectivity index (χ1v) is 5.58. The highest BCUT2D eigenvalue weighted by Crippen LogP contribution is 2.10. The fourth-order valence-corrected chi connectivity index (χ4v) is 1.33. The zero-order valence-corrected chi connectivity index (χ0v) is 10.4. The molecular weight excluding hydrogens is 256 g/mol. The molecule has 1 aromatic rings. The van der Waals surface area contributed by atoms with Crippen LogP contribution in [-0.2, 0) is 0 Å². The third kappa shape index (κ3) is 4.29. The number of carbonyl (C=O) groups excluding carboxylic acids is 2. The van der Waals surface area contributed by atoms with Gasteiger partial charge in [-0.05, 0) is 18.2 Å². The molecule has 0 bridgehead atoms. The number of rotatable bonds is 5. The van der Waals surface area contributed by atoms with E-state index in [0.717, 1.165) is 0 Å². The summed E-state index contributed by atoms with van der Waals surface area (Å²) in [6.07, 6.45) is 0. The number of amides is 2. The number of hydrogen-bond acceptors (Lipinski definition) is 3. The summed E-state index contributed by atoms with van der Waals surface area (Å²) in [5.41, 5.74) is 5.27. The number of nitrogens with one attached hydrogen (secondary N) is 2. The molecule has 1 rings (SSSR count). The van der Waals surface area contributed by atoms with Crippen molar-refractivity contribution in [2.24, 2.45) is 5.73 Å². The van der Waals surface area contributed by atoms with Gasteiger partial charge in [-0.2, -0.15) is 0 Å². The van der Waals surface area contributed by atoms with Crippen molar-refractivity contribution >= 4 is 11.8 Å². The zero-order chi connectivity index (χ0) is 14.5. The van der Waals surface area contributed by atoms with Gasteiger partial charge in [0.1, 0.15) is 0 Å². The average molecular weight is 271 g/mol. The van der Waals surface area contributed by atoms with Gasteiger partial charge in [0.15, 0.2) is 0 Å². The molecule has 1 aromatic carbocycles. The molecule has 19 heavy (non-hydrogen) atoms. The minimum absolute atomic E-state index is 0.133. The molecule has 7 heteroatoms. The smallest absolute Gasteiger partial charge is 0.277 e. The van der Waals surface area contributed by atoms with Crippen LogP contribution in [0.5, 0.6) is 0 Å². The van der Waals surface area contributed by atoms with E-state index in [1.54, 1.807) is 0 Å². The van der Waals surface area contributed by atoms with Crippen molar-refractivity contribution in [3.8, 4) is 0 Å². The molecule has 0 heterocycles. The molecule has 0 atom stereocenters. The molecule has 0 fully saturated rings. The molecule has 0 aromatic heterocycles. The summed E-state index contributed by atoms with van der Waals surface area (Å²) < 4.78 is 25.8. The SMILES string of the molecule is CNC(=O)c1cccc(C(=O)NCC(F)(F)CN)c1. The van der Waals surface area contributed by atoms with E-state index in [1.807, 2.05) is 0 Å². The van der Waals surface area contributed by atoms with Crippen molar-refractivity contribution in [3.63, 3.8) is 0 Å². The lowest BCUT2D eigenvalue weighted by atomic mass is 10.1. The van der Waals surface area contributed by atoms with Gasteiger partial charge in [0.05, 0.1) is 13.1 Å². The zero-order valence-electron chi connectivity index (χ0n) is 10.4. The second-order valence-corrected chi connectivity index (χ2v) is 3.90. The maximum absolute atomic E-state index is 12.9. The molecule has 2 amide bonds. The van der Waals surface area contributed by atoms with Crippen LogP contribution in [0.25, 0.3) is 0 Å². The standard InChI is InChI=1S/C12H15F2N3O2/c1-16-10(18)8-3-2-4-9(5-8)11(19)17-7-12(13,14)6-15/h2-5H,6-7,15H2,1H3,(H,16,18)(H,17,19). The highest BCUT2D eigenvalue weighted by molar-refractivity contribution is 5.99. The summed E-state index contributed by atoms with van der Waals surface area (Å²) in [5, 5.41) is 4.48. The fourth-order valence-electron chi connectivity index (χ4n) is 1.33. The second kappa shape index (κ2) is 6.24. The van der Waals surface area contributed by atoms with E-state index >= 15 is 0 Å². The predicted molar refractivity (Wildman–Crippen MR) is 66.2 cm³/mol. The lowest BCUT2D eigenvalue weighted by Crippen LogP contribution is -2.41. The van der Waals surface area contributed by atoms with Crippen molar-refractivity contribution in [2.75, 3.05) is 20.1 Å². The molecule has 0 aliphatic heterocycles. The molecule has 0 spiro atoms. The largest absolute Gasteiger partial charge is 0.355 e. The number of carbonyl (C=O) groups is 2. The van der Waals surface area contributed by atoms with Crippen LogP contribution in [0.15, 0.2) is 24.3 Å². The van der Waals surface area contributed by atoms with Crippen LogP contribution < -0.4 is 16.4 Å². The van der Waals surface area contributed by atoms with E-state index in [2.05, 4.69) is 10.6 Å². The quantitative estimate of drug-likeness (QED) is 0.723. The Kier molecular flexibility index (Phi) is 4.94. The van der Waals surface area contributed by atoms with Crippen LogP contribution in [0.4, 0.5) is 8.78 Å². The fraction of sp³-hybridized carbons (Fsp3) is 0.333. The van der Waals surface area contributed by atoms with E-state index in [1.165, 1.54) is 31.3 Å². The van der Waals surface area contributed by atoms with Gasteiger partial charge >= 0.3 is 0 Å². The summed E-state index contributed by atoms with van der Waals surface area (Å²) in [6.45, 7) is -1.68. The van der Waals surface area contributed by atoms with Gasteiger partial charge < -0.3 is 16.4 Å². The Morgan fingerprint density at radius 3 is 2.37 bits per heavy atom. The summed E-state index contributed by atoms with van der Waals surface area (Å²) >= 11 is 0. The molecule has 5 nitrogen and oxygen atoms in total. The second-order valence-electron chi connectivity index (χ2n) is 3.90. The number of alkyl halides is 2. The molecule has 0 aliphatic carbocycles. The van der Waals surface area contributed by atoms with Gasteiger partial charge in [-0.15, -0.1) is 0 Å². The first kappa shape index (κ1) is 15.0. The van der Waals surface area contributed by atoms with Crippen LogP contribution in [0, 0.1) is 0 Å². The maximum atomic E-state index is 12.9. The van der Waals surface area contributed by atoms with Crippen LogP contribution in [0.2, 0.25) is 0 Å². The minimum atomic E-state index is -3.14. The average Bonchev–Trinajstić information content (AvgIpc) is 2.44. The van der Waals surface area contributed by atoms with Crippen molar-refractivity contribution in [3.05, 3.63) is 35.4 Å². The molecular formula is C12H15F2N3O2. The van der Waals surface area contributed by atoms with Gasteiger partial charge in [-0.25, -0.2) is 8.78 Å². The number of nitrogens with two attached hydrogens (primary N) is 1. The molecule has 0 saturated carbocycles. The summed E-state index contributed by atoms with van der Waals surface area (Å²) in [6, 6.07) is 5.78. The Bertz CT molecular complexity index is 478. The molecule has 104 valence electrons. The summed E-state index contributed by atoms with van der Waals surface area (Å²) in [7, 11) is 1.46. The van der Waals surface area contributed by atoms with Crippen molar-refractivity contribution in [1.29, 1.82) is 0 Å². The highest BCUT2D eigenvalue weighted by atomic mass is 19.3. The third-order valence-corrected chi connectivity index (χ3v) is 2.42. The first-order chi connectivity index (χ1) is 8.89. The molecule has 0 radical (unpaired) electrons. The first-order valence-electron chi connectivity index (χ1n) is 5.58. The molecule has 0 unspecified atom stereocenters. The monoisotopic (exact) mass is 271 g/mol. The Hall–Kier alpha value is -2.02. The van der Waals surface area contributed by atoms with Crippen LogP contribution in [0.3, 0.4) is 0 Å². The highest BCUT2D eigenvalue weighted by Gasteiger charge is 2.27. The van der Waals surface area contributed by atoms with Crippen molar-refractivity contribution < 1.29 is 18.4 Å². The van der Waals surface area contributed by atoms with Gasteiger partial charge in [-0.3, -0.25) is 9.59 Å². The maximum Gasteiger partial charge on any atom is 0.277 e.